The van der Waals surface area contributed by atoms with Crippen LogP contribution in [0.4, 0.5) is 10.1 Å². The fourth-order valence-corrected chi connectivity index (χ4v) is 4.34. The van der Waals surface area contributed by atoms with Crippen molar-refractivity contribution in [2.45, 2.75) is 32.0 Å². The molecule has 0 bridgehead atoms. The van der Waals surface area contributed by atoms with Gasteiger partial charge >= 0.3 is 0 Å². The Morgan fingerprint density at radius 3 is 2.37 bits per heavy atom. The molecule has 0 radical (unpaired) electrons. The van der Waals surface area contributed by atoms with Gasteiger partial charge in [-0.05, 0) is 65.8 Å². The lowest BCUT2D eigenvalue weighted by Crippen LogP contribution is -2.43. The molecule has 1 aliphatic rings. The highest BCUT2D eigenvalue weighted by atomic mass is 32.1. The molecule has 7 nitrogen and oxygen atoms in total. The quantitative estimate of drug-likeness (QED) is 0.225. The second-order valence-corrected chi connectivity index (χ2v) is 9.37. The SMILES string of the molecule is O=C(CN(C(=O)C=Cc1ccc([N+](=O)[O-])cc1)C1CC1)N(Cc1ccc(F)cc1)Cc1cccs1. The lowest BCUT2D eigenvalue weighted by Gasteiger charge is -2.27. The van der Waals surface area contributed by atoms with Crippen molar-refractivity contribution in [1.82, 2.24) is 9.80 Å². The highest BCUT2D eigenvalue weighted by molar-refractivity contribution is 7.09. The largest absolute Gasteiger partial charge is 0.332 e. The van der Waals surface area contributed by atoms with Crippen LogP contribution in [0.1, 0.15) is 28.8 Å². The zero-order chi connectivity index (χ0) is 24.8. The van der Waals surface area contributed by atoms with Crippen LogP contribution < -0.4 is 0 Å². The van der Waals surface area contributed by atoms with Gasteiger partial charge in [-0.3, -0.25) is 19.7 Å². The van der Waals surface area contributed by atoms with E-state index in [1.54, 1.807) is 51.5 Å². The fraction of sp³-hybridized carbons (Fsp3) is 0.231. The molecule has 35 heavy (non-hydrogen) atoms. The first-order valence-corrected chi connectivity index (χ1v) is 12.0. The van der Waals surface area contributed by atoms with E-state index < -0.39 is 4.92 Å². The third-order valence-corrected chi connectivity index (χ3v) is 6.53. The number of nitro benzene ring substituents is 1. The van der Waals surface area contributed by atoms with E-state index in [0.29, 0.717) is 18.7 Å². The number of thiophene rings is 1. The molecular formula is C26H24FN3O4S. The van der Waals surface area contributed by atoms with Crippen molar-refractivity contribution in [3.8, 4) is 0 Å². The average Bonchev–Trinajstić information content (AvgIpc) is 3.57. The summed E-state index contributed by atoms with van der Waals surface area (Å²) in [7, 11) is 0. The molecule has 180 valence electrons. The maximum Gasteiger partial charge on any atom is 0.269 e. The van der Waals surface area contributed by atoms with Crippen LogP contribution >= 0.6 is 11.3 Å². The predicted octanol–water partition coefficient (Wildman–Crippen LogP) is 5.03. The number of non-ortho nitro benzene ring substituents is 1. The summed E-state index contributed by atoms with van der Waals surface area (Å²) in [5, 5.41) is 12.8. The number of nitrogens with zero attached hydrogens (tertiary/aromatic N) is 3. The molecule has 1 saturated carbocycles. The number of amides is 2. The van der Waals surface area contributed by atoms with Crippen LogP contribution in [0.5, 0.6) is 0 Å². The first-order chi connectivity index (χ1) is 16.9. The third-order valence-electron chi connectivity index (χ3n) is 5.66. The van der Waals surface area contributed by atoms with Gasteiger partial charge in [0.15, 0.2) is 0 Å². The highest BCUT2D eigenvalue weighted by Crippen LogP contribution is 2.28. The van der Waals surface area contributed by atoms with Crippen LogP contribution in [-0.4, -0.2) is 39.1 Å². The lowest BCUT2D eigenvalue weighted by atomic mass is 10.2. The molecule has 0 aliphatic heterocycles. The van der Waals surface area contributed by atoms with Crippen LogP contribution in [0.2, 0.25) is 0 Å². The van der Waals surface area contributed by atoms with E-state index in [-0.39, 0.29) is 35.9 Å². The van der Waals surface area contributed by atoms with E-state index >= 15 is 0 Å². The molecule has 1 heterocycles. The van der Waals surface area contributed by atoms with Gasteiger partial charge in [-0.1, -0.05) is 18.2 Å². The molecule has 4 rings (SSSR count). The van der Waals surface area contributed by atoms with Crippen LogP contribution in [0.25, 0.3) is 6.08 Å². The van der Waals surface area contributed by atoms with Gasteiger partial charge in [0.2, 0.25) is 11.8 Å². The Morgan fingerprint density at radius 1 is 1.06 bits per heavy atom. The van der Waals surface area contributed by atoms with Crippen molar-refractivity contribution in [3.63, 3.8) is 0 Å². The number of benzene rings is 2. The Bertz CT molecular complexity index is 1210. The average molecular weight is 494 g/mol. The third kappa shape index (κ3) is 6.83. The van der Waals surface area contributed by atoms with Gasteiger partial charge < -0.3 is 9.80 Å². The summed E-state index contributed by atoms with van der Waals surface area (Å²) in [6, 6.07) is 15.8. The minimum Gasteiger partial charge on any atom is -0.332 e. The second-order valence-electron chi connectivity index (χ2n) is 8.33. The van der Waals surface area contributed by atoms with Crippen LogP contribution in [-0.2, 0) is 22.7 Å². The summed E-state index contributed by atoms with van der Waals surface area (Å²) in [6.07, 6.45) is 4.67. The molecular weight excluding hydrogens is 469 g/mol. The summed E-state index contributed by atoms with van der Waals surface area (Å²) >= 11 is 1.55. The molecule has 0 atom stereocenters. The Kier molecular flexibility index (Phi) is 7.67. The maximum atomic E-state index is 13.3. The zero-order valence-electron chi connectivity index (χ0n) is 18.9. The van der Waals surface area contributed by atoms with E-state index in [1.807, 2.05) is 17.5 Å². The van der Waals surface area contributed by atoms with Gasteiger partial charge in [-0.25, -0.2) is 4.39 Å². The summed E-state index contributed by atoms with van der Waals surface area (Å²) < 4.78 is 13.3. The van der Waals surface area contributed by atoms with E-state index in [4.69, 9.17) is 0 Å². The molecule has 1 aliphatic carbocycles. The van der Waals surface area contributed by atoms with Gasteiger partial charge in [-0.15, -0.1) is 11.3 Å². The van der Waals surface area contributed by atoms with E-state index in [2.05, 4.69) is 0 Å². The van der Waals surface area contributed by atoms with Gasteiger partial charge in [0.25, 0.3) is 5.69 Å². The normalized spacial score (nSPS) is 13.1. The first kappa shape index (κ1) is 24.3. The molecule has 2 amide bonds. The number of nitro groups is 1. The van der Waals surface area contributed by atoms with Crippen molar-refractivity contribution in [1.29, 1.82) is 0 Å². The monoisotopic (exact) mass is 493 g/mol. The number of hydrogen-bond acceptors (Lipinski definition) is 5. The molecule has 1 fully saturated rings. The minimum atomic E-state index is -0.479. The van der Waals surface area contributed by atoms with E-state index in [0.717, 1.165) is 23.3 Å². The second kappa shape index (κ2) is 11.1. The van der Waals surface area contributed by atoms with Crippen molar-refractivity contribution < 1.29 is 18.9 Å². The van der Waals surface area contributed by atoms with Gasteiger partial charge in [0.1, 0.15) is 12.4 Å². The first-order valence-electron chi connectivity index (χ1n) is 11.2. The number of carbonyl (C=O) groups excluding carboxylic acids is 2. The molecule has 1 aromatic heterocycles. The fourth-order valence-electron chi connectivity index (χ4n) is 3.62. The summed E-state index contributed by atoms with van der Waals surface area (Å²) in [6.45, 7) is 0.655. The molecule has 0 N–H and O–H groups in total. The predicted molar refractivity (Wildman–Crippen MR) is 132 cm³/mol. The maximum absolute atomic E-state index is 13.3. The number of rotatable bonds is 10. The molecule has 9 heteroatoms. The van der Waals surface area contributed by atoms with E-state index in [9.17, 15) is 24.1 Å². The highest BCUT2D eigenvalue weighted by Gasteiger charge is 2.34. The van der Waals surface area contributed by atoms with Gasteiger partial charge in [0.05, 0.1) is 11.5 Å². The van der Waals surface area contributed by atoms with Crippen LogP contribution in [0, 0.1) is 15.9 Å². The summed E-state index contributed by atoms with van der Waals surface area (Å²) in [5.74, 6) is -0.807. The number of hydrogen-bond donors (Lipinski definition) is 0. The van der Waals surface area contributed by atoms with Crippen molar-refractivity contribution in [2.24, 2.45) is 0 Å². The smallest absolute Gasteiger partial charge is 0.269 e. The Morgan fingerprint density at radius 2 is 1.77 bits per heavy atom. The molecule has 2 aromatic carbocycles. The van der Waals surface area contributed by atoms with Crippen molar-refractivity contribution in [2.75, 3.05) is 6.54 Å². The van der Waals surface area contributed by atoms with Crippen molar-refractivity contribution >= 4 is 34.9 Å². The minimum absolute atomic E-state index is 0.0161. The molecule has 0 saturated heterocycles. The van der Waals surface area contributed by atoms with E-state index in [1.165, 1.54) is 30.3 Å². The van der Waals surface area contributed by atoms with Crippen LogP contribution in [0.15, 0.2) is 72.1 Å². The summed E-state index contributed by atoms with van der Waals surface area (Å²) in [5.41, 5.74) is 1.44. The lowest BCUT2D eigenvalue weighted by molar-refractivity contribution is -0.384. The number of carbonyl (C=O) groups is 2. The van der Waals surface area contributed by atoms with Gasteiger partial charge in [0, 0.05) is 35.7 Å². The molecule has 0 unspecified atom stereocenters. The zero-order valence-corrected chi connectivity index (χ0v) is 19.7. The summed E-state index contributed by atoms with van der Waals surface area (Å²) in [4.78, 5) is 40.9. The Balaban J connectivity index is 1.46. The molecule has 3 aromatic rings. The topological polar surface area (TPSA) is 83.8 Å². The van der Waals surface area contributed by atoms with Crippen LogP contribution in [0.3, 0.4) is 0 Å². The number of halogens is 1. The Labute approximate surface area is 206 Å². The standard InChI is InChI=1S/C26H24FN3O4S/c27-21-8-3-20(4-9-21)16-28(17-24-2-1-15-35-24)26(32)18-29(22-12-13-22)25(31)14-7-19-5-10-23(11-6-19)30(33)34/h1-11,14-15,22H,12-13,16-18H2. The Hall–Kier alpha value is -3.85. The van der Waals surface area contributed by atoms with Crippen molar-refractivity contribution in [3.05, 3.63) is 104 Å². The molecule has 0 spiro atoms. The van der Waals surface area contributed by atoms with Gasteiger partial charge in [-0.2, -0.15) is 0 Å².